The minimum atomic E-state index is -0.800. The van der Waals surface area contributed by atoms with Gasteiger partial charge in [0.1, 0.15) is 6.04 Å². The number of nitrogens with zero attached hydrogens (tertiary/aromatic N) is 1. The number of benzene rings is 1. The van der Waals surface area contributed by atoms with Crippen molar-refractivity contribution in [2.75, 3.05) is 7.11 Å². The highest BCUT2D eigenvalue weighted by Crippen LogP contribution is 2.42. The number of ether oxygens (including phenoxy) is 1. The van der Waals surface area contributed by atoms with Gasteiger partial charge in [0.15, 0.2) is 0 Å². The number of nitrogens with two attached hydrogens (primary N) is 1. The van der Waals surface area contributed by atoms with Gasteiger partial charge in [-0.3, -0.25) is 14.4 Å². The van der Waals surface area contributed by atoms with Crippen LogP contribution in [0.1, 0.15) is 38.3 Å². The molecule has 2 N–H and O–H groups in total. The van der Waals surface area contributed by atoms with Gasteiger partial charge in [-0.2, -0.15) is 0 Å². The molecule has 0 aromatic heterocycles. The van der Waals surface area contributed by atoms with E-state index in [-0.39, 0.29) is 18.2 Å². The van der Waals surface area contributed by atoms with E-state index in [1.165, 1.54) is 12.0 Å². The number of amides is 2. The van der Waals surface area contributed by atoms with Crippen molar-refractivity contribution in [2.24, 2.45) is 17.6 Å². The summed E-state index contributed by atoms with van der Waals surface area (Å²) in [5.74, 6) is -1.67. The average molecular weight is 332 g/mol. The minimum Gasteiger partial charge on any atom is -0.469 e. The number of carbonyl (C=O) groups excluding carboxylic acids is 3. The lowest BCUT2D eigenvalue weighted by molar-refractivity contribution is -0.147. The fourth-order valence-electron chi connectivity index (χ4n) is 3.33. The Morgan fingerprint density at radius 1 is 1.25 bits per heavy atom. The van der Waals surface area contributed by atoms with Gasteiger partial charge >= 0.3 is 5.97 Å². The summed E-state index contributed by atoms with van der Waals surface area (Å²) in [6, 6.07) is 7.89. The van der Waals surface area contributed by atoms with Gasteiger partial charge in [-0.25, -0.2) is 0 Å². The van der Waals surface area contributed by atoms with Crippen LogP contribution < -0.4 is 5.73 Å². The average Bonchev–Trinajstić information content (AvgIpc) is 2.95. The molecule has 0 spiro atoms. The molecule has 3 unspecified atom stereocenters. The second-order valence-corrected chi connectivity index (χ2v) is 6.54. The number of hydrogen-bond donors (Lipinski definition) is 1. The highest BCUT2D eigenvalue weighted by molar-refractivity contribution is 5.90. The first-order valence-electron chi connectivity index (χ1n) is 8.10. The first-order chi connectivity index (χ1) is 11.4. The van der Waals surface area contributed by atoms with Crippen molar-refractivity contribution in [2.45, 2.75) is 38.8 Å². The summed E-state index contributed by atoms with van der Waals surface area (Å²) < 4.78 is 4.89. The van der Waals surface area contributed by atoms with Crippen LogP contribution in [0.25, 0.3) is 0 Å². The number of esters is 1. The molecular formula is C18H24N2O4. The van der Waals surface area contributed by atoms with E-state index in [1.54, 1.807) is 0 Å². The molecule has 0 aliphatic carbocycles. The summed E-state index contributed by atoms with van der Waals surface area (Å²) in [7, 11) is 1.31. The maximum atomic E-state index is 12.8. The Morgan fingerprint density at radius 2 is 1.88 bits per heavy atom. The molecule has 130 valence electrons. The molecule has 6 heteroatoms. The predicted molar refractivity (Wildman–Crippen MR) is 88.6 cm³/mol. The smallest absolute Gasteiger partial charge is 0.311 e. The van der Waals surface area contributed by atoms with E-state index in [9.17, 15) is 14.4 Å². The number of likely N-dealkylation sites (tertiary alicyclic amines) is 1. The van der Waals surface area contributed by atoms with Gasteiger partial charge in [-0.1, -0.05) is 44.2 Å². The summed E-state index contributed by atoms with van der Waals surface area (Å²) in [6.45, 7) is 3.87. The molecule has 2 amide bonds. The number of methoxy groups -OCH3 is 1. The summed E-state index contributed by atoms with van der Waals surface area (Å²) in [6.07, 6.45) is 0.479. The number of hydrogen-bond acceptors (Lipinski definition) is 4. The van der Waals surface area contributed by atoms with Crippen LogP contribution in [0.2, 0.25) is 0 Å². The monoisotopic (exact) mass is 332 g/mol. The molecule has 3 atom stereocenters. The fourth-order valence-corrected chi connectivity index (χ4v) is 3.33. The third-order valence-corrected chi connectivity index (χ3v) is 4.34. The first-order valence-corrected chi connectivity index (χ1v) is 8.10. The summed E-state index contributed by atoms with van der Waals surface area (Å²) in [5, 5.41) is 0. The Balaban J connectivity index is 2.48. The predicted octanol–water partition coefficient (Wildman–Crippen LogP) is 1.65. The number of rotatable bonds is 5. The van der Waals surface area contributed by atoms with Crippen molar-refractivity contribution in [1.29, 1.82) is 0 Å². The highest BCUT2D eigenvalue weighted by Gasteiger charge is 2.50. The SMILES string of the molecule is COC(=O)C1CC(C(N)=O)N(C(=O)CC(C)C)C1c1ccccc1. The van der Waals surface area contributed by atoms with Gasteiger partial charge < -0.3 is 15.4 Å². The minimum absolute atomic E-state index is 0.139. The highest BCUT2D eigenvalue weighted by atomic mass is 16.5. The Labute approximate surface area is 142 Å². The number of carbonyl (C=O) groups is 3. The molecule has 1 aromatic rings. The van der Waals surface area contributed by atoms with Crippen molar-refractivity contribution in [1.82, 2.24) is 4.90 Å². The zero-order chi connectivity index (χ0) is 17.9. The van der Waals surface area contributed by atoms with E-state index in [0.29, 0.717) is 6.42 Å². The van der Waals surface area contributed by atoms with Gasteiger partial charge in [0, 0.05) is 6.42 Å². The van der Waals surface area contributed by atoms with E-state index in [0.717, 1.165) is 5.56 Å². The normalized spacial score (nSPS) is 23.3. The van der Waals surface area contributed by atoms with Crippen LogP contribution in [-0.4, -0.2) is 35.8 Å². The molecule has 1 heterocycles. The quantitative estimate of drug-likeness (QED) is 0.830. The van der Waals surface area contributed by atoms with E-state index in [1.807, 2.05) is 44.2 Å². The fraction of sp³-hybridized carbons (Fsp3) is 0.500. The van der Waals surface area contributed by atoms with Gasteiger partial charge in [0.25, 0.3) is 0 Å². The first kappa shape index (κ1) is 18.0. The second kappa shape index (κ2) is 7.47. The second-order valence-electron chi connectivity index (χ2n) is 6.54. The van der Waals surface area contributed by atoms with Crippen molar-refractivity contribution in [3.8, 4) is 0 Å². The standard InChI is InChI=1S/C18H24N2O4/c1-11(2)9-15(21)20-14(17(19)22)10-13(18(23)24-3)16(20)12-7-5-4-6-8-12/h4-8,11,13-14,16H,9-10H2,1-3H3,(H2,19,22). The zero-order valence-corrected chi connectivity index (χ0v) is 14.3. The van der Waals surface area contributed by atoms with Crippen molar-refractivity contribution < 1.29 is 19.1 Å². The molecule has 0 saturated carbocycles. The Bertz CT molecular complexity index is 615. The van der Waals surface area contributed by atoms with Crippen LogP contribution >= 0.6 is 0 Å². The molecule has 1 aromatic carbocycles. The van der Waals surface area contributed by atoms with Crippen LogP contribution in [0.3, 0.4) is 0 Å². The lowest BCUT2D eigenvalue weighted by Crippen LogP contribution is -2.45. The van der Waals surface area contributed by atoms with E-state index in [2.05, 4.69) is 0 Å². The Hall–Kier alpha value is -2.37. The Morgan fingerprint density at radius 3 is 2.38 bits per heavy atom. The van der Waals surface area contributed by atoms with Crippen molar-refractivity contribution in [3.05, 3.63) is 35.9 Å². The molecule has 24 heavy (non-hydrogen) atoms. The third-order valence-electron chi connectivity index (χ3n) is 4.34. The third kappa shape index (κ3) is 3.58. The lowest BCUT2D eigenvalue weighted by atomic mass is 9.93. The van der Waals surface area contributed by atoms with Gasteiger partial charge in [-0.05, 0) is 17.9 Å². The molecular weight excluding hydrogens is 308 g/mol. The number of primary amides is 1. The molecule has 0 bridgehead atoms. The van der Waals surface area contributed by atoms with Crippen LogP contribution in [-0.2, 0) is 19.1 Å². The van der Waals surface area contributed by atoms with E-state index in [4.69, 9.17) is 10.5 Å². The maximum Gasteiger partial charge on any atom is 0.311 e. The molecule has 1 fully saturated rings. The summed E-state index contributed by atoms with van der Waals surface area (Å²) >= 11 is 0. The largest absolute Gasteiger partial charge is 0.469 e. The van der Waals surface area contributed by atoms with Gasteiger partial charge in [0.05, 0.1) is 19.1 Å². The molecule has 1 saturated heterocycles. The van der Waals surface area contributed by atoms with E-state index < -0.39 is 29.9 Å². The molecule has 0 radical (unpaired) electrons. The summed E-state index contributed by atoms with van der Waals surface area (Å²) in [5.41, 5.74) is 6.32. The van der Waals surface area contributed by atoms with Gasteiger partial charge in [0.2, 0.25) is 11.8 Å². The van der Waals surface area contributed by atoms with Crippen molar-refractivity contribution >= 4 is 17.8 Å². The molecule has 6 nitrogen and oxygen atoms in total. The zero-order valence-electron chi connectivity index (χ0n) is 14.3. The lowest BCUT2D eigenvalue weighted by Gasteiger charge is -2.31. The maximum absolute atomic E-state index is 12.8. The molecule has 2 rings (SSSR count). The molecule has 1 aliphatic rings. The van der Waals surface area contributed by atoms with Crippen LogP contribution in [0, 0.1) is 11.8 Å². The molecule has 1 aliphatic heterocycles. The van der Waals surface area contributed by atoms with Crippen molar-refractivity contribution in [3.63, 3.8) is 0 Å². The van der Waals surface area contributed by atoms with Crippen LogP contribution in [0.5, 0.6) is 0 Å². The van der Waals surface area contributed by atoms with Crippen LogP contribution in [0.15, 0.2) is 30.3 Å². The Kier molecular flexibility index (Phi) is 5.59. The van der Waals surface area contributed by atoms with Crippen LogP contribution in [0.4, 0.5) is 0 Å². The van der Waals surface area contributed by atoms with E-state index >= 15 is 0 Å². The summed E-state index contributed by atoms with van der Waals surface area (Å²) in [4.78, 5) is 38.4. The van der Waals surface area contributed by atoms with Gasteiger partial charge in [-0.15, -0.1) is 0 Å². The topological polar surface area (TPSA) is 89.7 Å².